The molecule has 1 aliphatic heterocycles. The highest BCUT2D eigenvalue weighted by Gasteiger charge is 2.26. The summed E-state index contributed by atoms with van der Waals surface area (Å²) in [5.74, 6) is 0.632. The third kappa shape index (κ3) is 7.89. The summed E-state index contributed by atoms with van der Waals surface area (Å²) < 4.78 is 44.7. The second-order valence-corrected chi connectivity index (χ2v) is 8.87. The molecule has 10 heteroatoms. The topological polar surface area (TPSA) is 83.0 Å². The van der Waals surface area contributed by atoms with Gasteiger partial charge in [-0.2, -0.15) is 0 Å². The average molecular weight is 542 g/mol. The van der Waals surface area contributed by atoms with Gasteiger partial charge in [-0.1, -0.05) is 6.07 Å². The molecule has 2 rings (SSSR count). The van der Waals surface area contributed by atoms with Crippen LogP contribution in [0.3, 0.4) is 0 Å². The predicted octanol–water partition coefficient (Wildman–Crippen LogP) is 2.71. The van der Waals surface area contributed by atoms with Crippen LogP contribution in [0.2, 0.25) is 0 Å². The van der Waals surface area contributed by atoms with Crippen molar-refractivity contribution in [3.63, 3.8) is 0 Å². The standard InChI is InChI=1S/C19H31FN4O3S.HI/c1-4-21-19(22-14-15-7-8-18(27-5-2)17(20)13-15)23-16-9-11-24(12-10-16)28(25,26)6-3;/h7-8,13,16H,4-6,9-12,14H2,1-3H3,(H2,21,22,23);1H. The third-order valence-corrected chi connectivity index (χ3v) is 6.49. The Balaban J connectivity index is 0.00000420. The zero-order valence-corrected chi connectivity index (χ0v) is 20.4. The van der Waals surface area contributed by atoms with Gasteiger partial charge in [0.25, 0.3) is 0 Å². The van der Waals surface area contributed by atoms with E-state index in [1.165, 1.54) is 6.07 Å². The molecular weight excluding hydrogens is 510 g/mol. The zero-order chi connectivity index (χ0) is 20.6. The molecule has 0 aromatic heterocycles. The summed E-state index contributed by atoms with van der Waals surface area (Å²) in [5.41, 5.74) is 0.752. The Morgan fingerprint density at radius 1 is 1.28 bits per heavy atom. The summed E-state index contributed by atoms with van der Waals surface area (Å²) in [6.07, 6.45) is 1.45. The van der Waals surface area contributed by atoms with E-state index in [0.717, 1.165) is 18.4 Å². The van der Waals surface area contributed by atoms with Gasteiger partial charge in [0.1, 0.15) is 0 Å². The van der Waals surface area contributed by atoms with Crippen LogP contribution in [0.4, 0.5) is 4.39 Å². The highest BCUT2D eigenvalue weighted by atomic mass is 127. The van der Waals surface area contributed by atoms with E-state index in [1.54, 1.807) is 23.4 Å². The number of sulfonamides is 1. The van der Waals surface area contributed by atoms with E-state index >= 15 is 0 Å². The quantitative estimate of drug-likeness (QED) is 0.300. The molecule has 0 spiro atoms. The molecule has 0 amide bonds. The first kappa shape index (κ1) is 25.9. The Kier molecular flexibility index (Phi) is 11.2. The van der Waals surface area contributed by atoms with Gasteiger partial charge < -0.3 is 15.4 Å². The maximum absolute atomic E-state index is 14.0. The maximum Gasteiger partial charge on any atom is 0.213 e. The van der Waals surface area contributed by atoms with Crippen LogP contribution in [0.1, 0.15) is 39.2 Å². The van der Waals surface area contributed by atoms with Crippen molar-refractivity contribution in [1.29, 1.82) is 0 Å². The van der Waals surface area contributed by atoms with Crippen molar-refractivity contribution < 1.29 is 17.5 Å². The molecule has 2 N–H and O–H groups in total. The summed E-state index contributed by atoms with van der Waals surface area (Å²) in [4.78, 5) is 4.53. The van der Waals surface area contributed by atoms with E-state index in [-0.39, 0.29) is 41.5 Å². The van der Waals surface area contributed by atoms with E-state index in [9.17, 15) is 12.8 Å². The second-order valence-electron chi connectivity index (χ2n) is 6.61. The van der Waals surface area contributed by atoms with Crippen LogP contribution in [-0.2, 0) is 16.6 Å². The Bertz CT molecular complexity index is 769. The van der Waals surface area contributed by atoms with Crippen LogP contribution in [0.25, 0.3) is 0 Å². The first-order valence-corrected chi connectivity index (χ1v) is 11.4. The first-order valence-electron chi connectivity index (χ1n) is 9.83. The molecule has 0 atom stereocenters. The number of hydrogen-bond donors (Lipinski definition) is 2. The van der Waals surface area contributed by atoms with Crippen LogP contribution in [0.5, 0.6) is 5.75 Å². The van der Waals surface area contributed by atoms with Gasteiger partial charge in [0.2, 0.25) is 10.0 Å². The number of halogens is 2. The van der Waals surface area contributed by atoms with Gasteiger partial charge in [0, 0.05) is 25.7 Å². The fourth-order valence-electron chi connectivity index (χ4n) is 3.06. The molecule has 0 saturated carbocycles. The molecule has 0 bridgehead atoms. The number of ether oxygens (including phenoxy) is 1. The molecule has 1 aromatic rings. The first-order chi connectivity index (χ1) is 13.4. The Morgan fingerprint density at radius 3 is 2.52 bits per heavy atom. The number of nitrogens with one attached hydrogen (secondary N) is 2. The van der Waals surface area contributed by atoms with Crippen LogP contribution in [0, 0.1) is 5.82 Å². The molecule has 1 aromatic carbocycles. The molecule has 0 unspecified atom stereocenters. The van der Waals surface area contributed by atoms with Crippen molar-refractivity contribution in [3.05, 3.63) is 29.6 Å². The van der Waals surface area contributed by atoms with Gasteiger partial charge in [-0.15, -0.1) is 24.0 Å². The minimum atomic E-state index is -3.13. The summed E-state index contributed by atoms with van der Waals surface area (Å²) in [5, 5.41) is 6.55. The largest absolute Gasteiger partial charge is 0.491 e. The third-order valence-electron chi connectivity index (χ3n) is 4.61. The lowest BCUT2D eigenvalue weighted by Crippen LogP contribution is -2.50. The number of piperidine rings is 1. The van der Waals surface area contributed by atoms with Gasteiger partial charge >= 0.3 is 0 Å². The van der Waals surface area contributed by atoms with E-state index in [0.29, 0.717) is 38.7 Å². The van der Waals surface area contributed by atoms with Crippen LogP contribution in [0.15, 0.2) is 23.2 Å². The lowest BCUT2D eigenvalue weighted by Gasteiger charge is -2.32. The number of hydrogen-bond acceptors (Lipinski definition) is 4. The minimum Gasteiger partial charge on any atom is -0.491 e. The second kappa shape index (κ2) is 12.5. The Hall–Kier alpha value is -1.14. The number of aliphatic imine (C=N–C) groups is 1. The van der Waals surface area contributed by atoms with E-state index in [4.69, 9.17) is 4.74 Å². The average Bonchev–Trinajstić information content (AvgIpc) is 2.69. The van der Waals surface area contributed by atoms with Crippen molar-refractivity contribution in [2.24, 2.45) is 4.99 Å². The summed E-state index contributed by atoms with van der Waals surface area (Å²) >= 11 is 0. The van der Waals surface area contributed by atoms with Crippen LogP contribution in [-0.4, -0.2) is 56.7 Å². The lowest BCUT2D eigenvalue weighted by atomic mass is 10.1. The molecule has 1 heterocycles. The van der Waals surface area contributed by atoms with Crippen molar-refractivity contribution in [3.8, 4) is 5.75 Å². The predicted molar refractivity (Wildman–Crippen MR) is 125 cm³/mol. The molecular formula is C19H32FIN4O3S. The van der Waals surface area contributed by atoms with Gasteiger partial charge in [0.15, 0.2) is 17.5 Å². The fraction of sp³-hybridized carbons (Fsp3) is 0.632. The molecule has 29 heavy (non-hydrogen) atoms. The molecule has 0 aliphatic carbocycles. The van der Waals surface area contributed by atoms with Crippen LogP contribution >= 0.6 is 24.0 Å². The highest BCUT2D eigenvalue weighted by molar-refractivity contribution is 14.0. The van der Waals surface area contributed by atoms with Crippen molar-refractivity contribution >= 4 is 40.0 Å². The normalized spacial score (nSPS) is 16.2. The van der Waals surface area contributed by atoms with E-state index in [2.05, 4.69) is 15.6 Å². The van der Waals surface area contributed by atoms with Crippen molar-refractivity contribution in [2.75, 3.05) is 32.0 Å². The van der Waals surface area contributed by atoms with Crippen molar-refractivity contribution in [1.82, 2.24) is 14.9 Å². The molecule has 1 aliphatic rings. The fourth-order valence-corrected chi connectivity index (χ4v) is 4.19. The SMILES string of the molecule is CCNC(=NCc1ccc(OCC)c(F)c1)NC1CCN(S(=O)(=O)CC)CC1.I. The van der Waals surface area contributed by atoms with Gasteiger partial charge in [-0.25, -0.2) is 22.1 Å². The monoisotopic (exact) mass is 542 g/mol. The summed E-state index contributed by atoms with van der Waals surface area (Å²) in [6, 6.07) is 5.01. The Morgan fingerprint density at radius 2 is 1.97 bits per heavy atom. The molecule has 0 radical (unpaired) electrons. The van der Waals surface area contributed by atoms with Gasteiger partial charge in [-0.05, 0) is 51.3 Å². The van der Waals surface area contributed by atoms with Crippen molar-refractivity contribution in [2.45, 2.75) is 46.2 Å². The molecule has 166 valence electrons. The number of benzene rings is 1. The molecule has 7 nitrogen and oxygen atoms in total. The van der Waals surface area contributed by atoms with Crippen LogP contribution < -0.4 is 15.4 Å². The van der Waals surface area contributed by atoms with Gasteiger partial charge in [-0.3, -0.25) is 0 Å². The number of rotatable bonds is 8. The highest BCUT2D eigenvalue weighted by Crippen LogP contribution is 2.19. The number of nitrogens with zero attached hydrogens (tertiary/aromatic N) is 2. The summed E-state index contributed by atoms with van der Waals surface area (Å²) in [6.45, 7) is 7.93. The smallest absolute Gasteiger partial charge is 0.213 e. The molecule has 1 saturated heterocycles. The van der Waals surface area contributed by atoms with E-state index in [1.807, 2.05) is 13.8 Å². The molecule has 1 fully saturated rings. The zero-order valence-electron chi connectivity index (χ0n) is 17.3. The lowest BCUT2D eigenvalue weighted by molar-refractivity contribution is 0.306. The van der Waals surface area contributed by atoms with E-state index < -0.39 is 15.8 Å². The maximum atomic E-state index is 14.0. The number of guanidine groups is 1. The Labute approximate surface area is 190 Å². The summed E-state index contributed by atoms with van der Waals surface area (Å²) in [7, 11) is -3.13. The van der Waals surface area contributed by atoms with Gasteiger partial charge in [0.05, 0.1) is 18.9 Å². The minimum absolute atomic E-state index is 0.